The van der Waals surface area contributed by atoms with E-state index >= 15 is 0 Å². The average molecular weight is 300 g/mol. The first-order valence-corrected chi connectivity index (χ1v) is 7.58. The quantitative estimate of drug-likeness (QED) is 0.802. The van der Waals surface area contributed by atoms with Crippen molar-refractivity contribution in [3.63, 3.8) is 0 Å². The highest BCUT2D eigenvalue weighted by Gasteiger charge is 2.23. The molecule has 0 aliphatic carbocycles. The van der Waals surface area contributed by atoms with E-state index in [2.05, 4.69) is 19.1 Å². The molecule has 3 rings (SSSR count). The van der Waals surface area contributed by atoms with E-state index in [1.54, 1.807) is 31.0 Å². The Morgan fingerprint density at radius 1 is 1.00 bits per heavy atom. The molecular weight excluding hydrogens is 284 g/mol. The molecule has 0 amide bonds. The van der Waals surface area contributed by atoms with Crippen LogP contribution in [0.4, 0.5) is 0 Å². The summed E-state index contributed by atoms with van der Waals surface area (Å²) in [5, 5.41) is 19.6. The fraction of sp³-hybridized carbons (Fsp3) is 0.176. The van der Waals surface area contributed by atoms with Crippen LogP contribution in [-0.2, 0) is 4.74 Å². The van der Waals surface area contributed by atoms with Crippen LogP contribution in [0.15, 0.2) is 46.2 Å². The molecule has 0 fully saturated rings. The van der Waals surface area contributed by atoms with Crippen LogP contribution in [0.1, 0.15) is 24.5 Å². The Kier molecular flexibility index (Phi) is 3.55. The molecule has 0 unspecified atom stereocenters. The third-order valence-electron chi connectivity index (χ3n) is 3.59. The minimum absolute atomic E-state index is 0.117. The van der Waals surface area contributed by atoms with Gasteiger partial charge in [-0.3, -0.25) is 0 Å². The first-order valence-electron chi connectivity index (χ1n) is 6.76. The number of rotatable bonds is 2. The standard InChI is InChI=1S/C17H16O3S/c1-3-10-11-6-4-5-7-15(11)21-16-9-14(19)13(18)8-12(16)17(10)20-2/h4-9,18-19H,3H2,1-2H3. The van der Waals surface area contributed by atoms with Gasteiger partial charge >= 0.3 is 0 Å². The first-order chi connectivity index (χ1) is 10.2. The van der Waals surface area contributed by atoms with Gasteiger partial charge in [0.2, 0.25) is 0 Å². The molecule has 0 radical (unpaired) electrons. The minimum atomic E-state index is -0.134. The number of benzene rings is 2. The molecule has 108 valence electrons. The van der Waals surface area contributed by atoms with Gasteiger partial charge in [0.25, 0.3) is 0 Å². The number of hydrogen-bond acceptors (Lipinski definition) is 4. The van der Waals surface area contributed by atoms with Crippen molar-refractivity contribution in [2.75, 3.05) is 7.11 Å². The van der Waals surface area contributed by atoms with E-state index in [1.165, 1.54) is 0 Å². The molecule has 2 N–H and O–H groups in total. The second-order valence-electron chi connectivity index (χ2n) is 4.80. The van der Waals surface area contributed by atoms with Gasteiger partial charge in [-0.15, -0.1) is 0 Å². The number of ether oxygens (including phenoxy) is 1. The van der Waals surface area contributed by atoms with Crippen LogP contribution in [-0.4, -0.2) is 17.3 Å². The van der Waals surface area contributed by atoms with Crippen LogP contribution in [0.5, 0.6) is 11.5 Å². The van der Waals surface area contributed by atoms with E-state index in [9.17, 15) is 10.2 Å². The van der Waals surface area contributed by atoms with Crippen molar-refractivity contribution >= 4 is 23.1 Å². The van der Waals surface area contributed by atoms with Crippen LogP contribution in [0, 0.1) is 0 Å². The summed E-state index contributed by atoms with van der Waals surface area (Å²) >= 11 is 1.57. The Balaban J connectivity index is 2.36. The van der Waals surface area contributed by atoms with Crippen molar-refractivity contribution in [2.45, 2.75) is 23.1 Å². The van der Waals surface area contributed by atoms with Crippen molar-refractivity contribution in [1.82, 2.24) is 0 Å². The highest BCUT2D eigenvalue weighted by molar-refractivity contribution is 7.99. The molecular formula is C17H16O3S. The molecule has 2 aromatic rings. The van der Waals surface area contributed by atoms with Crippen LogP contribution < -0.4 is 0 Å². The molecule has 3 nitrogen and oxygen atoms in total. The number of phenolic OH excluding ortho intramolecular Hbond substituents is 2. The van der Waals surface area contributed by atoms with Gasteiger partial charge in [0.15, 0.2) is 11.5 Å². The zero-order chi connectivity index (χ0) is 15.0. The van der Waals surface area contributed by atoms with Crippen LogP contribution in [0.2, 0.25) is 0 Å². The van der Waals surface area contributed by atoms with Crippen molar-refractivity contribution in [2.24, 2.45) is 0 Å². The number of phenols is 2. The fourth-order valence-electron chi connectivity index (χ4n) is 2.61. The third-order valence-corrected chi connectivity index (χ3v) is 4.72. The Morgan fingerprint density at radius 3 is 2.43 bits per heavy atom. The number of methoxy groups -OCH3 is 1. The monoisotopic (exact) mass is 300 g/mol. The van der Waals surface area contributed by atoms with Crippen molar-refractivity contribution in [3.8, 4) is 11.5 Å². The highest BCUT2D eigenvalue weighted by Crippen LogP contribution is 2.47. The molecule has 0 saturated heterocycles. The lowest BCUT2D eigenvalue weighted by Crippen LogP contribution is -1.94. The summed E-state index contributed by atoms with van der Waals surface area (Å²) in [6, 6.07) is 11.3. The molecule has 21 heavy (non-hydrogen) atoms. The van der Waals surface area contributed by atoms with Gasteiger partial charge in [-0.2, -0.15) is 0 Å². The molecule has 0 bridgehead atoms. The van der Waals surface area contributed by atoms with Gasteiger partial charge < -0.3 is 14.9 Å². The molecule has 0 spiro atoms. The lowest BCUT2D eigenvalue weighted by molar-refractivity contribution is 0.367. The zero-order valence-corrected chi connectivity index (χ0v) is 12.7. The molecule has 0 atom stereocenters. The second-order valence-corrected chi connectivity index (χ2v) is 5.88. The van der Waals surface area contributed by atoms with E-state index in [0.29, 0.717) is 0 Å². The summed E-state index contributed by atoms with van der Waals surface area (Å²) in [6.07, 6.45) is 0.821. The molecule has 2 aromatic carbocycles. The Morgan fingerprint density at radius 2 is 1.71 bits per heavy atom. The number of fused-ring (bicyclic) bond motifs is 2. The van der Waals surface area contributed by atoms with Crippen molar-refractivity contribution in [3.05, 3.63) is 47.5 Å². The maximum atomic E-state index is 9.82. The Hall–Kier alpha value is -2.07. The summed E-state index contributed by atoms with van der Waals surface area (Å²) < 4.78 is 5.63. The van der Waals surface area contributed by atoms with Gasteiger partial charge in [-0.1, -0.05) is 36.9 Å². The smallest absolute Gasteiger partial charge is 0.158 e. The lowest BCUT2D eigenvalue weighted by Gasteiger charge is -2.14. The fourth-order valence-corrected chi connectivity index (χ4v) is 3.73. The Labute approximate surface area is 127 Å². The normalized spacial score (nSPS) is 13.4. The maximum Gasteiger partial charge on any atom is 0.158 e. The predicted molar refractivity (Wildman–Crippen MR) is 84.5 cm³/mol. The summed E-state index contributed by atoms with van der Waals surface area (Å²) in [5.41, 5.74) is 3.05. The van der Waals surface area contributed by atoms with Gasteiger partial charge in [0.1, 0.15) is 5.76 Å². The van der Waals surface area contributed by atoms with Crippen LogP contribution in [0.25, 0.3) is 11.3 Å². The maximum absolute atomic E-state index is 9.82. The van der Waals surface area contributed by atoms with Gasteiger partial charge in [-0.25, -0.2) is 0 Å². The third kappa shape index (κ3) is 2.25. The van der Waals surface area contributed by atoms with Crippen molar-refractivity contribution in [1.29, 1.82) is 0 Å². The van der Waals surface area contributed by atoms with Crippen LogP contribution in [0.3, 0.4) is 0 Å². The Bertz CT molecular complexity index is 735. The number of hydrogen-bond donors (Lipinski definition) is 2. The van der Waals surface area contributed by atoms with E-state index < -0.39 is 0 Å². The largest absolute Gasteiger partial charge is 0.504 e. The predicted octanol–water partition coefficient (Wildman–Crippen LogP) is 4.49. The summed E-state index contributed by atoms with van der Waals surface area (Å²) in [6.45, 7) is 2.08. The molecule has 1 heterocycles. The average Bonchev–Trinajstić information content (AvgIpc) is 2.61. The van der Waals surface area contributed by atoms with Crippen molar-refractivity contribution < 1.29 is 14.9 Å². The van der Waals surface area contributed by atoms with Gasteiger partial charge in [-0.05, 0) is 30.2 Å². The molecule has 4 heteroatoms. The lowest BCUT2D eigenvalue weighted by atomic mass is 9.98. The van der Waals surface area contributed by atoms with E-state index in [1.807, 2.05) is 12.1 Å². The topological polar surface area (TPSA) is 49.7 Å². The molecule has 0 saturated carbocycles. The van der Waals surface area contributed by atoms with E-state index in [0.717, 1.165) is 38.7 Å². The summed E-state index contributed by atoms with van der Waals surface area (Å²) in [7, 11) is 1.64. The summed E-state index contributed by atoms with van der Waals surface area (Å²) in [5.74, 6) is 0.500. The van der Waals surface area contributed by atoms with Gasteiger partial charge in [0.05, 0.1) is 7.11 Å². The number of aromatic hydroxyl groups is 2. The first kappa shape index (κ1) is 13.9. The molecule has 1 aliphatic heterocycles. The SMILES string of the molecule is CCC1=C(OC)c2cc(O)c(O)cc2Sc2ccccc21. The van der Waals surface area contributed by atoms with Crippen LogP contribution >= 0.6 is 11.8 Å². The second kappa shape index (κ2) is 5.37. The number of allylic oxidation sites excluding steroid dienone is 1. The molecule has 1 aliphatic rings. The molecule has 0 aromatic heterocycles. The summed E-state index contributed by atoms with van der Waals surface area (Å²) in [4.78, 5) is 1.99. The highest BCUT2D eigenvalue weighted by atomic mass is 32.2. The van der Waals surface area contributed by atoms with E-state index in [4.69, 9.17) is 4.74 Å². The minimum Gasteiger partial charge on any atom is -0.504 e. The van der Waals surface area contributed by atoms with Gasteiger partial charge in [0, 0.05) is 20.9 Å². The van der Waals surface area contributed by atoms with E-state index in [-0.39, 0.29) is 11.5 Å². The zero-order valence-electron chi connectivity index (χ0n) is 11.9.